The zero-order chi connectivity index (χ0) is 43.1. The van der Waals surface area contributed by atoms with Gasteiger partial charge in [0.2, 0.25) is 0 Å². The van der Waals surface area contributed by atoms with Gasteiger partial charge in [0.25, 0.3) is 0 Å². The Balaban J connectivity index is 1.19. The second kappa shape index (κ2) is 15.1. The SMILES string of the molecule is [B]c1c([B])c([B])c2c(c1[B])c1c([B])c(-c3ccc4c(c3)c3c(-c5ccccc5)cccc3n4-c3cccc(-c4ccccc4)c3)c([B])c([B])c1n2-c1ccc(-c2ccccc2)cc1. The lowest BCUT2D eigenvalue weighted by atomic mass is 9.64. The van der Waals surface area contributed by atoms with Crippen LogP contribution >= 0.6 is 0 Å². The minimum Gasteiger partial charge on any atom is -0.311 e. The molecule has 0 aliphatic rings. The minimum atomic E-state index is 0.175. The zero-order valence-electron chi connectivity index (χ0n) is 34.2. The highest BCUT2D eigenvalue weighted by Crippen LogP contribution is 2.41. The average Bonchev–Trinajstić information content (AvgIpc) is 3.87. The molecule has 276 valence electrons. The summed E-state index contributed by atoms with van der Waals surface area (Å²) in [6.07, 6.45) is 0. The number of nitrogens with zero attached hydrogens (tertiary/aromatic N) is 2. The highest BCUT2D eigenvalue weighted by Gasteiger charge is 2.25. The number of benzene rings is 9. The maximum absolute atomic E-state index is 7.41. The van der Waals surface area contributed by atoms with Crippen molar-refractivity contribution in [1.29, 1.82) is 0 Å². The average molecular weight is 782 g/mol. The van der Waals surface area contributed by atoms with E-state index in [-0.39, 0.29) is 21.9 Å². The monoisotopic (exact) mass is 782 g/mol. The number of hydrogen-bond acceptors (Lipinski definition) is 0. The van der Waals surface area contributed by atoms with E-state index in [1.165, 1.54) is 0 Å². The van der Waals surface area contributed by atoms with Gasteiger partial charge in [-0.1, -0.05) is 161 Å². The fourth-order valence-corrected chi connectivity index (χ4v) is 9.51. The molecule has 0 saturated heterocycles. The Bertz CT molecular complexity index is 3620. The van der Waals surface area contributed by atoms with E-state index in [1.807, 2.05) is 59.2 Å². The van der Waals surface area contributed by atoms with Gasteiger partial charge >= 0.3 is 0 Å². The topological polar surface area (TPSA) is 9.86 Å². The Labute approximate surface area is 375 Å². The molecule has 11 aromatic rings. The molecular formula is C54H29B7N2. The van der Waals surface area contributed by atoms with E-state index < -0.39 is 0 Å². The Morgan fingerprint density at radius 1 is 0.286 bits per heavy atom. The first-order valence-electron chi connectivity index (χ1n) is 20.7. The molecule has 0 saturated carbocycles. The van der Waals surface area contributed by atoms with E-state index in [4.69, 9.17) is 54.9 Å². The van der Waals surface area contributed by atoms with Gasteiger partial charge in [-0.05, 0) is 92.4 Å². The van der Waals surface area contributed by atoms with Crippen LogP contribution in [0.5, 0.6) is 0 Å². The van der Waals surface area contributed by atoms with Crippen LogP contribution < -0.4 is 38.2 Å². The maximum atomic E-state index is 7.41. The molecular weight excluding hydrogens is 752 g/mol. The number of hydrogen-bond donors (Lipinski definition) is 0. The van der Waals surface area contributed by atoms with Gasteiger partial charge in [-0.2, -0.15) is 0 Å². The van der Waals surface area contributed by atoms with E-state index >= 15 is 0 Å². The van der Waals surface area contributed by atoms with Gasteiger partial charge in [-0.15, -0.1) is 10.9 Å². The van der Waals surface area contributed by atoms with Crippen molar-refractivity contribution in [2.24, 2.45) is 0 Å². The van der Waals surface area contributed by atoms with Gasteiger partial charge in [0.05, 0.1) is 11.0 Å². The molecule has 2 nitrogen and oxygen atoms in total. The third-order valence-electron chi connectivity index (χ3n) is 12.5. The first-order chi connectivity index (χ1) is 30.7. The van der Waals surface area contributed by atoms with Crippen molar-refractivity contribution in [2.75, 3.05) is 0 Å². The lowest BCUT2D eigenvalue weighted by molar-refractivity contribution is 1.18. The predicted octanol–water partition coefficient (Wildman–Crippen LogP) is 6.11. The predicted molar refractivity (Wildman–Crippen MR) is 275 cm³/mol. The van der Waals surface area contributed by atoms with E-state index in [9.17, 15) is 0 Å². The van der Waals surface area contributed by atoms with Crippen LogP contribution in [0.15, 0.2) is 176 Å². The highest BCUT2D eigenvalue weighted by atomic mass is 15.0. The molecule has 0 N–H and O–H groups in total. The summed E-state index contributed by atoms with van der Waals surface area (Å²) in [7, 11) is 48.7. The molecule has 11 rings (SSSR count). The first-order valence-corrected chi connectivity index (χ1v) is 20.7. The Morgan fingerprint density at radius 2 is 0.810 bits per heavy atom. The van der Waals surface area contributed by atoms with Gasteiger partial charge in [0, 0.05) is 38.6 Å². The quantitative estimate of drug-likeness (QED) is 0.181. The van der Waals surface area contributed by atoms with Crippen molar-refractivity contribution >= 4 is 137 Å². The molecule has 0 fully saturated rings. The standard InChI is InChI=1S/C54H29B7N2/c55-46-42(47(56)51(60)53-44(46)45-48(57)49(58)50(59)52(61)54(45)63(53)36-25-22-32(23-26-36)30-12-4-1-5-13-30)35-24-27-40-39(29-35)43-38(33-16-8-3-9-17-33)20-11-21-41(43)62(40)37-19-10-18-34(28-37)31-14-6-2-7-15-31/h1-29H. The molecule has 9 heteroatoms. The van der Waals surface area contributed by atoms with Gasteiger partial charge < -0.3 is 9.13 Å². The summed E-state index contributed by atoms with van der Waals surface area (Å²) < 4.78 is 4.27. The van der Waals surface area contributed by atoms with Gasteiger partial charge in [0.1, 0.15) is 54.9 Å². The van der Waals surface area contributed by atoms with Crippen LogP contribution in [-0.2, 0) is 0 Å². The molecule has 0 bridgehead atoms. The molecule has 14 radical (unpaired) electrons. The smallest absolute Gasteiger partial charge is 0.115 e. The van der Waals surface area contributed by atoms with E-state index in [1.54, 1.807) is 0 Å². The second-order valence-corrected chi connectivity index (χ2v) is 16.0. The van der Waals surface area contributed by atoms with Crippen molar-refractivity contribution in [3.05, 3.63) is 176 Å². The number of rotatable bonds is 6. The van der Waals surface area contributed by atoms with Crippen molar-refractivity contribution in [1.82, 2.24) is 9.13 Å². The largest absolute Gasteiger partial charge is 0.311 e. The van der Waals surface area contributed by atoms with Crippen molar-refractivity contribution in [3.8, 4) is 55.9 Å². The molecule has 2 aromatic heterocycles. The lowest BCUT2D eigenvalue weighted by Crippen LogP contribution is -2.48. The molecule has 63 heavy (non-hydrogen) atoms. The first kappa shape index (κ1) is 38.9. The minimum absolute atomic E-state index is 0.175. The van der Waals surface area contributed by atoms with Crippen LogP contribution in [0.2, 0.25) is 0 Å². The Hall–Kier alpha value is -6.97. The summed E-state index contributed by atoms with van der Waals surface area (Å²) >= 11 is 0. The summed E-state index contributed by atoms with van der Waals surface area (Å²) in [5.74, 6) is 0. The Kier molecular flexibility index (Phi) is 9.35. The van der Waals surface area contributed by atoms with Gasteiger partial charge in [-0.25, -0.2) is 0 Å². The lowest BCUT2D eigenvalue weighted by Gasteiger charge is -2.19. The van der Waals surface area contributed by atoms with Crippen LogP contribution in [0, 0.1) is 0 Å². The molecule has 0 spiro atoms. The van der Waals surface area contributed by atoms with Crippen LogP contribution in [0.3, 0.4) is 0 Å². The molecule has 2 heterocycles. The van der Waals surface area contributed by atoms with E-state index in [0.717, 1.165) is 72.1 Å². The molecule has 0 unspecified atom stereocenters. The fraction of sp³-hybridized carbons (Fsp3) is 0. The number of aromatic nitrogens is 2. The van der Waals surface area contributed by atoms with Crippen LogP contribution in [0.1, 0.15) is 0 Å². The third kappa shape index (κ3) is 6.04. The summed E-state index contributed by atoms with van der Waals surface area (Å²) in [6, 6.07) is 60.6. The normalized spacial score (nSPS) is 11.6. The summed E-state index contributed by atoms with van der Waals surface area (Å²) in [5, 5.41) is 3.24. The summed E-state index contributed by atoms with van der Waals surface area (Å²) in [6.45, 7) is 0. The van der Waals surface area contributed by atoms with E-state index in [0.29, 0.717) is 43.8 Å². The van der Waals surface area contributed by atoms with Gasteiger partial charge in [-0.3, -0.25) is 0 Å². The molecule has 0 aliphatic carbocycles. The van der Waals surface area contributed by atoms with E-state index in [2.05, 4.69) is 126 Å². The second-order valence-electron chi connectivity index (χ2n) is 16.0. The summed E-state index contributed by atoms with van der Waals surface area (Å²) in [4.78, 5) is 0. The van der Waals surface area contributed by atoms with Gasteiger partial charge in [0.15, 0.2) is 0 Å². The molecule has 9 aromatic carbocycles. The van der Waals surface area contributed by atoms with Crippen LogP contribution in [-0.4, -0.2) is 64.1 Å². The van der Waals surface area contributed by atoms with Crippen LogP contribution in [0.25, 0.3) is 99.5 Å². The molecule has 0 atom stereocenters. The molecule has 0 aliphatic heterocycles. The highest BCUT2D eigenvalue weighted by molar-refractivity contribution is 6.69. The zero-order valence-corrected chi connectivity index (χ0v) is 34.2. The summed E-state index contributed by atoms with van der Waals surface area (Å²) in [5.41, 5.74) is 14.8. The Morgan fingerprint density at radius 3 is 1.48 bits per heavy atom. The van der Waals surface area contributed by atoms with Crippen molar-refractivity contribution in [2.45, 2.75) is 0 Å². The van der Waals surface area contributed by atoms with Crippen molar-refractivity contribution in [3.63, 3.8) is 0 Å². The maximum Gasteiger partial charge on any atom is 0.115 e. The fourth-order valence-electron chi connectivity index (χ4n) is 9.51. The van der Waals surface area contributed by atoms with Crippen LogP contribution in [0.4, 0.5) is 0 Å². The third-order valence-corrected chi connectivity index (χ3v) is 12.5. The number of fused-ring (bicyclic) bond motifs is 6. The molecule has 0 amide bonds. The van der Waals surface area contributed by atoms with Crippen molar-refractivity contribution < 1.29 is 0 Å².